The Kier molecular flexibility index (Phi) is 3.74. The van der Waals surface area contributed by atoms with Gasteiger partial charge in [-0.05, 0) is 51.4 Å². The van der Waals surface area contributed by atoms with E-state index < -0.39 is 5.97 Å². The Labute approximate surface area is 120 Å². The highest BCUT2D eigenvalue weighted by molar-refractivity contribution is 5.82. The summed E-state index contributed by atoms with van der Waals surface area (Å²) in [6, 6.07) is 0.787. The zero-order chi connectivity index (χ0) is 14.3. The molecule has 0 aromatic carbocycles. The van der Waals surface area contributed by atoms with Gasteiger partial charge in [-0.3, -0.25) is 9.59 Å². The van der Waals surface area contributed by atoms with E-state index in [0.29, 0.717) is 30.8 Å². The van der Waals surface area contributed by atoms with E-state index in [0.717, 1.165) is 19.3 Å². The Morgan fingerprint density at radius 3 is 2.40 bits per heavy atom. The predicted molar refractivity (Wildman–Crippen MR) is 75.1 cm³/mol. The molecule has 4 heteroatoms. The number of fused-ring (bicyclic) bond motifs is 1. The van der Waals surface area contributed by atoms with E-state index >= 15 is 0 Å². The van der Waals surface area contributed by atoms with Crippen LogP contribution < -0.4 is 0 Å². The van der Waals surface area contributed by atoms with Crippen LogP contribution in [0.1, 0.15) is 58.3 Å². The number of carbonyl (C=O) groups excluding carboxylic acids is 1. The monoisotopic (exact) mass is 279 g/mol. The van der Waals surface area contributed by atoms with Gasteiger partial charge in [-0.1, -0.05) is 12.8 Å². The van der Waals surface area contributed by atoms with Crippen molar-refractivity contribution in [2.24, 2.45) is 17.8 Å². The van der Waals surface area contributed by atoms with Gasteiger partial charge in [0, 0.05) is 18.0 Å². The maximum absolute atomic E-state index is 12.8. The topological polar surface area (TPSA) is 57.6 Å². The van der Waals surface area contributed by atoms with Crippen LogP contribution in [0.5, 0.6) is 0 Å². The maximum Gasteiger partial charge on any atom is 0.306 e. The van der Waals surface area contributed by atoms with Crippen molar-refractivity contribution in [2.45, 2.75) is 70.4 Å². The van der Waals surface area contributed by atoms with Crippen molar-refractivity contribution in [1.82, 2.24) is 4.90 Å². The highest BCUT2D eigenvalue weighted by atomic mass is 16.4. The summed E-state index contributed by atoms with van der Waals surface area (Å²) in [6.45, 7) is 2.17. The molecule has 112 valence electrons. The van der Waals surface area contributed by atoms with Crippen molar-refractivity contribution >= 4 is 11.9 Å². The van der Waals surface area contributed by atoms with Gasteiger partial charge in [0.05, 0.1) is 5.92 Å². The SMILES string of the molecule is CC1CC2CCCCC2N1C(=O)[C@@H]1CC[C@H](C(=O)O)C1. The molecule has 1 heterocycles. The van der Waals surface area contributed by atoms with Crippen LogP contribution in [0.3, 0.4) is 0 Å². The van der Waals surface area contributed by atoms with E-state index in [9.17, 15) is 9.59 Å². The zero-order valence-corrected chi connectivity index (χ0v) is 12.3. The van der Waals surface area contributed by atoms with E-state index in [1.165, 1.54) is 19.3 Å². The summed E-state index contributed by atoms with van der Waals surface area (Å²) >= 11 is 0. The first-order chi connectivity index (χ1) is 9.58. The number of amides is 1. The molecule has 2 saturated carbocycles. The van der Waals surface area contributed by atoms with Crippen LogP contribution in [0.15, 0.2) is 0 Å². The second-order valence-electron chi connectivity index (χ2n) is 6.99. The van der Waals surface area contributed by atoms with E-state index in [1.54, 1.807) is 0 Å². The largest absolute Gasteiger partial charge is 0.481 e. The van der Waals surface area contributed by atoms with Crippen LogP contribution in [-0.2, 0) is 9.59 Å². The summed E-state index contributed by atoms with van der Waals surface area (Å²) in [5, 5.41) is 9.09. The lowest BCUT2D eigenvalue weighted by Crippen LogP contribution is -2.45. The molecule has 3 rings (SSSR count). The first-order valence-electron chi connectivity index (χ1n) is 8.13. The van der Waals surface area contributed by atoms with Gasteiger partial charge in [0.15, 0.2) is 0 Å². The first kappa shape index (κ1) is 13.9. The number of nitrogens with zero attached hydrogens (tertiary/aromatic N) is 1. The lowest BCUT2D eigenvalue weighted by atomic mass is 9.84. The van der Waals surface area contributed by atoms with Crippen molar-refractivity contribution in [2.75, 3.05) is 0 Å². The van der Waals surface area contributed by atoms with E-state index in [-0.39, 0.29) is 17.7 Å². The molecule has 1 saturated heterocycles. The molecule has 3 aliphatic rings. The molecule has 1 N–H and O–H groups in total. The third-order valence-corrected chi connectivity index (χ3v) is 5.73. The summed E-state index contributed by atoms with van der Waals surface area (Å²) < 4.78 is 0. The Morgan fingerprint density at radius 2 is 1.70 bits per heavy atom. The number of carboxylic acid groups (broad SMARTS) is 1. The molecule has 3 unspecified atom stereocenters. The number of carbonyl (C=O) groups is 2. The summed E-state index contributed by atoms with van der Waals surface area (Å²) in [5.41, 5.74) is 0. The highest BCUT2D eigenvalue weighted by Gasteiger charge is 2.45. The number of aliphatic carboxylic acids is 1. The summed E-state index contributed by atoms with van der Waals surface area (Å²) in [5.74, 6) is -0.136. The normalized spacial score (nSPS) is 40.6. The smallest absolute Gasteiger partial charge is 0.306 e. The van der Waals surface area contributed by atoms with Gasteiger partial charge in [0.25, 0.3) is 0 Å². The Balaban J connectivity index is 1.69. The first-order valence-corrected chi connectivity index (χ1v) is 8.13. The quantitative estimate of drug-likeness (QED) is 0.845. The Hall–Kier alpha value is -1.06. The second-order valence-corrected chi connectivity index (χ2v) is 6.99. The van der Waals surface area contributed by atoms with Crippen molar-refractivity contribution in [3.05, 3.63) is 0 Å². The number of carboxylic acids is 1. The minimum absolute atomic E-state index is 0.0424. The van der Waals surface area contributed by atoms with Crippen LogP contribution >= 0.6 is 0 Å². The van der Waals surface area contributed by atoms with Crippen LogP contribution in [-0.4, -0.2) is 34.0 Å². The fourth-order valence-electron chi connectivity index (χ4n) is 4.73. The van der Waals surface area contributed by atoms with Crippen molar-refractivity contribution in [1.29, 1.82) is 0 Å². The maximum atomic E-state index is 12.8. The van der Waals surface area contributed by atoms with Crippen LogP contribution in [0.2, 0.25) is 0 Å². The summed E-state index contributed by atoms with van der Waals surface area (Å²) in [6.07, 6.45) is 8.08. The van der Waals surface area contributed by atoms with E-state index in [4.69, 9.17) is 5.11 Å². The molecule has 3 fully saturated rings. The molecule has 1 aliphatic heterocycles. The van der Waals surface area contributed by atoms with E-state index in [1.807, 2.05) is 0 Å². The van der Waals surface area contributed by atoms with Gasteiger partial charge in [-0.15, -0.1) is 0 Å². The fourth-order valence-corrected chi connectivity index (χ4v) is 4.73. The molecule has 0 radical (unpaired) electrons. The predicted octanol–water partition coefficient (Wildman–Crippen LogP) is 2.67. The molecule has 0 spiro atoms. The average Bonchev–Trinajstić information content (AvgIpc) is 3.01. The number of hydrogen-bond acceptors (Lipinski definition) is 2. The minimum atomic E-state index is -0.731. The molecule has 1 amide bonds. The molecule has 4 nitrogen and oxygen atoms in total. The molecule has 0 aromatic rings. The van der Waals surface area contributed by atoms with Gasteiger partial charge in [-0.2, -0.15) is 0 Å². The van der Waals surface area contributed by atoms with E-state index in [2.05, 4.69) is 11.8 Å². The zero-order valence-electron chi connectivity index (χ0n) is 12.3. The molecule has 0 aromatic heterocycles. The number of rotatable bonds is 2. The fraction of sp³-hybridized carbons (Fsp3) is 0.875. The lowest BCUT2D eigenvalue weighted by molar-refractivity contribution is -0.142. The summed E-state index contributed by atoms with van der Waals surface area (Å²) in [4.78, 5) is 26.0. The number of likely N-dealkylation sites (tertiary alicyclic amines) is 1. The molecule has 0 bridgehead atoms. The van der Waals surface area contributed by atoms with Gasteiger partial charge in [0.2, 0.25) is 5.91 Å². The number of hydrogen-bond donors (Lipinski definition) is 1. The van der Waals surface area contributed by atoms with Crippen molar-refractivity contribution < 1.29 is 14.7 Å². The lowest BCUT2D eigenvalue weighted by Gasteiger charge is -2.35. The molecule has 2 aliphatic carbocycles. The van der Waals surface area contributed by atoms with Crippen molar-refractivity contribution in [3.63, 3.8) is 0 Å². The summed E-state index contributed by atoms with van der Waals surface area (Å²) in [7, 11) is 0. The minimum Gasteiger partial charge on any atom is -0.481 e. The highest BCUT2D eigenvalue weighted by Crippen LogP contribution is 2.42. The molecule has 20 heavy (non-hydrogen) atoms. The van der Waals surface area contributed by atoms with Crippen LogP contribution in [0, 0.1) is 17.8 Å². The third-order valence-electron chi connectivity index (χ3n) is 5.73. The standard InChI is InChI=1S/C16H25NO3/c1-10-8-11-4-2-3-5-14(11)17(10)15(18)12-6-7-13(9-12)16(19)20/h10-14H,2-9H2,1H3,(H,19,20)/t10?,11?,12-,13+,14?/m1/s1. The van der Waals surface area contributed by atoms with Gasteiger partial charge in [0.1, 0.15) is 0 Å². The second kappa shape index (κ2) is 5.38. The van der Waals surface area contributed by atoms with Crippen LogP contribution in [0.25, 0.3) is 0 Å². The van der Waals surface area contributed by atoms with Gasteiger partial charge < -0.3 is 10.0 Å². The Morgan fingerprint density at radius 1 is 1.00 bits per heavy atom. The molecular weight excluding hydrogens is 254 g/mol. The Bertz CT molecular complexity index is 409. The molecule has 5 atom stereocenters. The molecular formula is C16H25NO3. The van der Waals surface area contributed by atoms with Crippen molar-refractivity contribution in [3.8, 4) is 0 Å². The van der Waals surface area contributed by atoms with Crippen LogP contribution in [0.4, 0.5) is 0 Å². The van der Waals surface area contributed by atoms with Gasteiger partial charge in [-0.25, -0.2) is 0 Å². The van der Waals surface area contributed by atoms with Gasteiger partial charge >= 0.3 is 5.97 Å². The third kappa shape index (κ3) is 2.33. The average molecular weight is 279 g/mol.